The summed E-state index contributed by atoms with van der Waals surface area (Å²) < 4.78 is 65.0. The van der Waals surface area contributed by atoms with E-state index in [4.69, 9.17) is 11.6 Å². The van der Waals surface area contributed by atoms with E-state index in [-0.39, 0.29) is 16.5 Å². The van der Waals surface area contributed by atoms with Gasteiger partial charge in [-0.3, -0.25) is 4.98 Å². The molecule has 0 saturated heterocycles. The fraction of sp³-hybridized carbons (Fsp3) is 0.444. The number of nitrogens with zero attached hydrogens (tertiary/aromatic N) is 1. The van der Waals surface area contributed by atoms with E-state index in [1.54, 1.807) is 0 Å². The number of nitrogens with one attached hydrogen (secondary N) is 1. The molecule has 1 N–H and O–H groups in total. The maximum atomic E-state index is 11.7. The van der Waals surface area contributed by atoms with Gasteiger partial charge in [-0.25, -0.2) is 13.1 Å². The summed E-state index contributed by atoms with van der Waals surface area (Å²) in [7, 11) is -3.91. The van der Waals surface area contributed by atoms with Gasteiger partial charge in [0.05, 0.1) is 11.6 Å². The van der Waals surface area contributed by atoms with Gasteiger partial charge in [-0.15, -0.1) is 0 Å². The lowest BCUT2D eigenvalue weighted by Crippen LogP contribution is -2.29. The molecule has 1 aromatic heterocycles. The molecule has 0 unspecified atom stereocenters. The molecule has 0 aromatic carbocycles. The van der Waals surface area contributed by atoms with Crippen molar-refractivity contribution in [2.24, 2.45) is 0 Å². The van der Waals surface area contributed by atoms with Gasteiger partial charge in [-0.2, -0.15) is 13.2 Å². The maximum Gasteiger partial charge on any atom is 0.411 e. The fourth-order valence-electron chi connectivity index (χ4n) is 1.07. The lowest BCUT2D eigenvalue weighted by Gasteiger charge is -2.09. The van der Waals surface area contributed by atoms with Crippen molar-refractivity contribution in [2.75, 3.05) is 19.8 Å². The third-order valence-corrected chi connectivity index (χ3v) is 3.76. The highest BCUT2D eigenvalue weighted by atomic mass is 35.5. The largest absolute Gasteiger partial charge is 0.411 e. The minimum Gasteiger partial charge on any atom is -0.371 e. The number of ether oxygens (including phenoxy) is 1. The van der Waals surface area contributed by atoms with Crippen molar-refractivity contribution in [1.29, 1.82) is 0 Å². The Balaban J connectivity index is 2.47. The van der Waals surface area contributed by atoms with E-state index in [2.05, 4.69) is 14.4 Å². The van der Waals surface area contributed by atoms with Crippen molar-refractivity contribution in [2.45, 2.75) is 11.1 Å². The summed E-state index contributed by atoms with van der Waals surface area (Å²) in [4.78, 5) is 3.36. The number of halogens is 4. The molecule has 0 aliphatic heterocycles. The van der Waals surface area contributed by atoms with Crippen LogP contribution in [0.2, 0.25) is 5.02 Å². The molecule has 0 saturated carbocycles. The van der Waals surface area contributed by atoms with E-state index in [0.29, 0.717) is 0 Å². The zero-order valence-electron chi connectivity index (χ0n) is 9.45. The van der Waals surface area contributed by atoms with Crippen LogP contribution in [0.5, 0.6) is 0 Å². The molecular weight excluding hydrogens is 309 g/mol. The first kappa shape index (κ1) is 16.2. The second kappa shape index (κ2) is 6.51. The molecule has 0 bridgehead atoms. The van der Waals surface area contributed by atoms with Crippen molar-refractivity contribution in [3.63, 3.8) is 0 Å². The van der Waals surface area contributed by atoms with Gasteiger partial charge in [0.1, 0.15) is 11.5 Å². The predicted molar refractivity (Wildman–Crippen MR) is 61.3 cm³/mol. The van der Waals surface area contributed by atoms with Crippen molar-refractivity contribution >= 4 is 21.6 Å². The number of rotatable bonds is 6. The second-order valence-electron chi connectivity index (χ2n) is 3.37. The molecule has 1 aromatic rings. The van der Waals surface area contributed by atoms with Gasteiger partial charge in [0, 0.05) is 18.9 Å². The van der Waals surface area contributed by atoms with Crippen LogP contribution in [0.3, 0.4) is 0 Å². The Morgan fingerprint density at radius 1 is 1.42 bits per heavy atom. The highest BCUT2D eigenvalue weighted by Crippen LogP contribution is 2.18. The summed E-state index contributed by atoms with van der Waals surface area (Å²) >= 11 is 5.67. The Hall–Kier alpha value is -0.900. The smallest absolute Gasteiger partial charge is 0.371 e. The number of aromatic nitrogens is 1. The number of hydrogen-bond donors (Lipinski definition) is 1. The van der Waals surface area contributed by atoms with Crippen LogP contribution in [0.25, 0.3) is 0 Å². The van der Waals surface area contributed by atoms with E-state index in [1.807, 2.05) is 0 Å². The summed E-state index contributed by atoms with van der Waals surface area (Å²) in [5.74, 6) is 0. The molecular formula is C9H10ClF3N2O3S. The van der Waals surface area contributed by atoms with Gasteiger partial charge in [-0.05, 0) is 6.07 Å². The number of sulfonamides is 1. The monoisotopic (exact) mass is 318 g/mol. The van der Waals surface area contributed by atoms with Gasteiger partial charge in [0.25, 0.3) is 0 Å². The lowest BCUT2D eigenvalue weighted by molar-refractivity contribution is -0.173. The minimum absolute atomic E-state index is 0.0290. The van der Waals surface area contributed by atoms with Crippen molar-refractivity contribution in [3.8, 4) is 0 Å². The Kier molecular flexibility index (Phi) is 5.53. The molecule has 108 valence electrons. The molecule has 0 amide bonds. The number of hydrogen-bond acceptors (Lipinski definition) is 4. The zero-order chi connectivity index (χ0) is 14.5. The first-order chi connectivity index (χ1) is 8.72. The highest BCUT2D eigenvalue weighted by molar-refractivity contribution is 7.89. The number of pyridine rings is 1. The molecule has 19 heavy (non-hydrogen) atoms. The SMILES string of the molecule is O=S(=O)(NCCOCC(F)(F)F)c1cnccc1Cl. The topological polar surface area (TPSA) is 68.3 Å². The van der Waals surface area contributed by atoms with Gasteiger partial charge < -0.3 is 4.74 Å². The van der Waals surface area contributed by atoms with Gasteiger partial charge >= 0.3 is 6.18 Å². The molecule has 1 heterocycles. The Morgan fingerprint density at radius 2 is 2.11 bits per heavy atom. The van der Waals surface area contributed by atoms with Crippen LogP contribution in [0.1, 0.15) is 0 Å². The standard InChI is InChI=1S/C9H10ClF3N2O3S/c10-7-1-2-14-5-8(7)19(16,17)15-3-4-18-6-9(11,12)13/h1-2,5,15H,3-4,6H2. The van der Waals surface area contributed by atoms with Crippen molar-refractivity contribution in [1.82, 2.24) is 9.71 Å². The Morgan fingerprint density at radius 3 is 2.68 bits per heavy atom. The molecule has 1 rings (SSSR count). The average molecular weight is 319 g/mol. The fourth-order valence-corrected chi connectivity index (χ4v) is 2.52. The first-order valence-electron chi connectivity index (χ1n) is 4.96. The van der Waals surface area contributed by atoms with Crippen LogP contribution in [-0.2, 0) is 14.8 Å². The minimum atomic E-state index is -4.44. The quantitative estimate of drug-likeness (QED) is 0.809. The van der Waals surface area contributed by atoms with Crippen LogP contribution in [0.4, 0.5) is 13.2 Å². The first-order valence-corrected chi connectivity index (χ1v) is 6.82. The Bertz CT molecular complexity index is 522. The summed E-state index contributed by atoms with van der Waals surface area (Å²) in [5.41, 5.74) is 0. The van der Waals surface area contributed by atoms with Crippen LogP contribution in [0.15, 0.2) is 23.4 Å². The summed E-state index contributed by atoms with van der Waals surface area (Å²) in [6.07, 6.45) is -2.08. The predicted octanol–water partition coefficient (Wildman–Crippen LogP) is 1.59. The van der Waals surface area contributed by atoms with E-state index >= 15 is 0 Å². The van der Waals surface area contributed by atoms with Crippen molar-refractivity contribution in [3.05, 3.63) is 23.5 Å². The van der Waals surface area contributed by atoms with Gasteiger partial charge in [0.2, 0.25) is 10.0 Å². The zero-order valence-corrected chi connectivity index (χ0v) is 11.0. The highest BCUT2D eigenvalue weighted by Gasteiger charge is 2.27. The normalized spacial score (nSPS) is 12.6. The third kappa shape index (κ3) is 5.72. The van der Waals surface area contributed by atoms with Crippen molar-refractivity contribution < 1.29 is 26.3 Å². The molecule has 0 spiro atoms. The molecule has 0 radical (unpaired) electrons. The van der Waals surface area contributed by atoms with Crippen LogP contribution >= 0.6 is 11.6 Å². The molecule has 0 aliphatic rings. The van der Waals surface area contributed by atoms with E-state index in [9.17, 15) is 21.6 Å². The van der Waals surface area contributed by atoms with Crippen LogP contribution in [0, 0.1) is 0 Å². The Labute approximate surface area is 112 Å². The molecule has 0 fully saturated rings. The van der Waals surface area contributed by atoms with E-state index in [0.717, 1.165) is 6.20 Å². The van der Waals surface area contributed by atoms with Crippen LogP contribution in [-0.4, -0.2) is 39.3 Å². The molecule has 10 heteroatoms. The maximum absolute atomic E-state index is 11.7. The lowest BCUT2D eigenvalue weighted by atomic mass is 10.5. The van der Waals surface area contributed by atoms with E-state index < -0.39 is 29.4 Å². The molecule has 5 nitrogen and oxygen atoms in total. The van der Waals surface area contributed by atoms with Gasteiger partial charge in [-0.1, -0.05) is 11.6 Å². The van der Waals surface area contributed by atoms with Gasteiger partial charge in [0.15, 0.2) is 0 Å². The number of alkyl halides is 3. The second-order valence-corrected chi connectivity index (χ2v) is 5.51. The molecule has 0 aliphatic carbocycles. The van der Waals surface area contributed by atoms with E-state index in [1.165, 1.54) is 12.3 Å². The third-order valence-electron chi connectivity index (χ3n) is 1.83. The summed E-state index contributed by atoms with van der Waals surface area (Å²) in [6.45, 7) is -2.14. The molecule has 0 atom stereocenters. The summed E-state index contributed by atoms with van der Waals surface area (Å²) in [5, 5.41) is -0.0290. The van der Waals surface area contributed by atoms with Crippen LogP contribution < -0.4 is 4.72 Å². The average Bonchev–Trinajstić information content (AvgIpc) is 2.27. The summed E-state index contributed by atoms with van der Waals surface area (Å²) in [6, 6.07) is 1.29.